The van der Waals surface area contributed by atoms with E-state index in [1.807, 2.05) is 18.2 Å². The summed E-state index contributed by atoms with van der Waals surface area (Å²) in [6, 6.07) is 5.87. The second-order valence-corrected chi connectivity index (χ2v) is 4.06. The number of carbonyl (C=O) groups is 1. The number of hydrogen-bond acceptors (Lipinski definition) is 2. The van der Waals surface area contributed by atoms with Gasteiger partial charge in [-0.15, -0.1) is 0 Å². The summed E-state index contributed by atoms with van der Waals surface area (Å²) in [5, 5.41) is 0. The molecule has 14 heavy (non-hydrogen) atoms. The van der Waals surface area contributed by atoms with Crippen LogP contribution in [0.1, 0.15) is 28.8 Å². The lowest BCUT2D eigenvalue weighted by Gasteiger charge is -2.02. The zero-order valence-corrected chi connectivity index (χ0v) is 7.95. The Morgan fingerprint density at radius 2 is 2.21 bits per heavy atom. The van der Waals surface area contributed by atoms with Crippen molar-refractivity contribution < 1.29 is 9.53 Å². The molecule has 2 heteroatoms. The Kier molecular flexibility index (Phi) is 1.63. The van der Waals surface area contributed by atoms with E-state index in [0.29, 0.717) is 11.7 Å². The molecule has 0 radical (unpaired) electrons. The molecule has 1 saturated carbocycles. The summed E-state index contributed by atoms with van der Waals surface area (Å²) < 4.78 is 5.44. The molecule has 1 fully saturated rings. The van der Waals surface area contributed by atoms with E-state index in [0.717, 1.165) is 37.2 Å². The molecule has 1 heterocycles. The molecule has 0 bridgehead atoms. The molecule has 0 spiro atoms. The van der Waals surface area contributed by atoms with Crippen molar-refractivity contribution in [2.75, 3.05) is 6.61 Å². The van der Waals surface area contributed by atoms with E-state index in [-0.39, 0.29) is 0 Å². The van der Waals surface area contributed by atoms with Gasteiger partial charge in [0.2, 0.25) is 0 Å². The summed E-state index contributed by atoms with van der Waals surface area (Å²) in [4.78, 5) is 11.8. The number of rotatable bonds is 2. The monoisotopic (exact) mass is 188 g/mol. The van der Waals surface area contributed by atoms with Gasteiger partial charge >= 0.3 is 0 Å². The molecule has 3 rings (SSSR count). The molecule has 0 N–H and O–H groups in total. The van der Waals surface area contributed by atoms with Gasteiger partial charge in [0.1, 0.15) is 5.75 Å². The Morgan fingerprint density at radius 3 is 3.00 bits per heavy atom. The van der Waals surface area contributed by atoms with Gasteiger partial charge < -0.3 is 4.74 Å². The van der Waals surface area contributed by atoms with Crippen LogP contribution in [0.2, 0.25) is 0 Å². The summed E-state index contributed by atoms with van der Waals surface area (Å²) in [6.45, 7) is 0.760. The van der Waals surface area contributed by atoms with Crippen molar-refractivity contribution in [1.29, 1.82) is 0 Å². The molecule has 1 aromatic carbocycles. The van der Waals surface area contributed by atoms with E-state index in [2.05, 4.69) is 0 Å². The molecule has 0 atom stereocenters. The minimum absolute atomic E-state index is 0.295. The molecule has 2 nitrogen and oxygen atoms in total. The first-order chi connectivity index (χ1) is 6.84. The van der Waals surface area contributed by atoms with E-state index in [1.165, 1.54) is 5.56 Å². The van der Waals surface area contributed by atoms with Crippen molar-refractivity contribution in [3.8, 4) is 5.75 Å². The summed E-state index contributed by atoms with van der Waals surface area (Å²) in [6.07, 6.45) is 3.11. The SMILES string of the molecule is O=C(c1ccc2c(c1)OCC2)C1CC1. The van der Waals surface area contributed by atoms with Crippen LogP contribution in [0.4, 0.5) is 0 Å². The number of fused-ring (bicyclic) bond motifs is 1. The fourth-order valence-electron chi connectivity index (χ4n) is 1.90. The van der Waals surface area contributed by atoms with Gasteiger partial charge in [0, 0.05) is 17.9 Å². The maximum absolute atomic E-state index is 11.8. The molecule has 0 unspecified atom stereocenters. The molecule has 0 aromatic heterocycles. The Hall–Kier alpha value is -1.31. The number of hydrogen-bond donors (Lipinski definition) is 0. The van der Waals surface area contributed by atoms with Crippen LogP contribution in [0.3, 0.4) is 0 Å². The molecule has 1 aliphatic carbocycles. The maximum Gasteiger partial charge on any atom is 0.166 e. The maximum atomic E-state index is 11.8. The van der Waals surface area contributed by atoms with Gasteiger partial charge in [-0.3, -0.25) is 4.79 Å². The van der Waals surface area contributed by atoms with Gasteiger partial charge in [-0.25, -0.2) is 0 Å². The van der Waals surface area contributed by atoms with Gasteiger partial charge in [0.15, 0.2) is 5.78 Å². The van der Waals surface area contributed by atoms with Crippen molar-refractivity contribution >= 4 is 5.78 Å². The number of benzene rings is 1. The Bertz CT molecular complexity index is 391. The lowest BCUT2D eigenvalue weighted by Crippen LogP contribution is -2.01. The lowest BCUT2D eigenvalue weighted by molar-refractivity contribution is 0.0967. The van der Waals surface area contributed by atoms with Crippen LogP contribution in [0.25, 0.3) is 0 Å². The third-order valence-corrected chi connectivity index (χ3v) is 2.93. The van der Waals surface area contributed by atoms with E-state index in [4.69, 9.17) is 4.74 Å². The van der Waals surface area contributed by atoms with Gasteiger partial charge in [-0.2, -0.15) is 0 Å². The molecule has 1 aliphatic heterocycles. The highest BCUT2D eigenvalue weighted by atomic mass is 16.5. The zero-order valence-electron chi connectivity index (χ0n) is 7.95. The number of ether oxygens (including phenoxy) is 1. The molecular formula is C12H12O2. The second-order valence-electron chi connectivity index (χ2n) is 4.06. The van der Waals surface area contributed by atoms with Crippen molar-refractivity contribution in [3.63, 3.8) is 0 Å². The number of carbonyl (C=O) groups excluding carboxylic acids is 1. The summed E-state index contributed by atoms with van der Waals surface area (Å²) in [7, 11) is 0. The van der Waals surface area contributed by atoms with Crippen molar-refractivity contribution in [2.45, 2.75) is 19.3 Å². The Balaban J connectivity index is 1.95. The van der Waals surface area contributed by atoms with Crippen molar-refractivity contribution in [2.24, 2.45) is 5.92 Å². The number of Topliss-reactive ketones (excluding diaryl/α,β-unsaturated/α-hetero) is 1. The van der Waals surface area contributed by atoms with Gasteiger partial charge in [-0.05, 0) is 24.5 Å². The van der Waals surface area contributed by atoms with Gasteiger partial charge in [0.05, 0.1) is 6.61 Å². The highest BCUT2D eigenvalue weighted by molar-refractivity contribution is 5.99. The summed E-state index contributed by atoms with van der Waals surface area (Å²) in [5.41, 5.74) is 2.06. The minimum Gasteiger partial charge on any atom is -0.493 e. The Morgan fingerprint density at radius 1 is 1.36 bits per heavy atom. The minimum atomic E-state index is 0.295. The molecule has 1 aromatic rings. The normalized spacial score (nSPS) is 18.9. The molecule has 2 aliphatic rings. The third kappa shape index (κ3) is 1.22. The van der Waals surface area contributed by atoms with E-state index < -0.39 is 0 Å². The van der Waals surface area contributed by atoms with Crippen LogP contribution in [0.15, 0.2) is 18.2 Å². The van der Waals surface area contributed by atoms with Crippen LogP contribution in [0, 0.1) is 5.92 Å². The molecule has 0 saturated heterocycles. The fraction of sp³-hybridized carbons (Fsp3) is 0.417. The lowest BCUT2D eigenvalue weighted by atomic mass is 10.0. The van der Waals surface area contributed by atoms with Crippen LogP contribution in [-0.4, -0.2) is 12.4 Å². The van der Waals surface area contributed by atoms with E-state index >= 15 is 0 Å². The number of ketones is 1. The van der Waals surface area contributed by atoms with Crippen LogP contribution < -0.4 is 4.74 Å². The second kappa shape index (κ2) is 2.84. The predicted molar refractivity (Wildman–Crippen MR) is 52.7 cm³/mol. The fourth-order valence-corrected chi connectivity index (χ4v) is 1.90. The average Bonchev–Trinajstić information content (AvgIpc) is 2.95. The van der Waals surface area contributed by atoms with E-state index in [1.54, 1.807) is 0 Å². The topological polar surface area (TPSA) is 26.3 Å². The smallest absolute Gasteiger partial charge is 0.166 e. The first-order valence-corrected chi connectivity index (χ1v) is 5.14. The largest absolute Gasteiger partial charge is 0.493 e. The molecular weight excluding hydrogens is 176 g/mol. The zero-order chi connectivity index (χ0) is 9.54. The van der Waals surface area contributed by atoms with Gasteiger partial charge in [-0.1, -0.05) is 12.1 Å². The van der Waals surface area contributed by atoms with Crippen LogP contribution >= 0.6 is 0 Å². The van der Waals surface area contributed by atoms with Gasteiger partial charge in [0.25, 0.3) is 0 Å². The molecule has 72 valence electrons. The Labute approximate surface area is 82.9 Å². The van der Waals surface area contributed by atoms with Crippen molar-refractivity contribution in [1.82, 2.24) is 0 Å². The highest BCUT2D eigenvalue weighted by Gasteiger charge is 2.30. The standard InChI is InChI=1S/C12H12O2/c13-12(9-2-3-9)10-4-1-8-5-6-14-11(8)7-10/h1,4,7,9H,2-3,5-6H2. The highest BCUT2D eigenvalue weighted by Crippen LogP contribution is 2.34. The van der Waals surface area contributed by atoms with Crippen LogP contribution in [-0.2, 0) is 6.42 Å². The first-order valence-electron chi connectivity index (χ1n) is 5.14. The summed E-state index contributed by atoms with van der Waals surface area (Å²) >= 11 is 0. The van der Waals surface area contributed by atoms with E-state index in [9.17, 15) is 4.79 Å². The van der Waals surface area contributed by atoms with Crippen LogP contribution in [0.5, 0.6) is 5.75 Å². The van der Waals surface area contributed by atoms with Crippen molar-refractivity contribution in [3.05, 3.63) is 29.3 Å². The average molecular weight is 188 g/mol. The first kappa shape index (κ1) is 8.04. The predicted octanol–water partition coefficient (Wildman–Crippen LogP) is 2.21. The summed E-state index contributed by atoms with van der Waals surface area (Å²) in [5.74, 6) is 1.51. The third-order valence-electron chi connectivity index (χ3n) is 2.93. The quantitative estimate of drug-likeness (QED) is 0.665. The molecule has 0 amide bonds.